The van der Waals surface area contributed by atoms with E-state index in [1.165, 1.54) is 30.3 Å². The topological polar surface area (TPSA) is 86.5 Å². The van der Waals surface area contributed by atoms with Crippen LogP contribution in [0.15, 0.2) is 40.6 Å². The Labute approximate surface area is 116 Å². The molecule has 0 amide bonds. The van der Waals surface area contributed by atoms with Crippen LogP contribution >= 0.6 is 11.6 Å². The van der Waals surface area contributed by atoms with E-state index in [9.17, 15) is 9.50 Å². The third-order valence-corrected chi connectivity index (χ3v) is 2.79. The summed E-state index contributed by atoms with van der Waals surface area (Å²) in [4.78, 5) is 2.68. The van der Waals surface area contributed by atoms with E-state index in [1.807, 2.05) is 0 Å². The van der Waals surface area contributed by atoms with E-state index in [0.29, 0.717) is 10.9 Å². The van der Waals surface area contributed by atoms with Crippen molar-refractivity contribution in [1.82, 2.24) is 15.2 Å². The Kier molecular flexibility index (Phi) is 3.03. The van der Waals surface area contributed by atoms with E-state index < -0.39 is 5.82 Å². The van der Waals surface area contributed by atoms with Gasteiger partial charge in [0.05, 0.1) is 5.52 Å². The van der Waals surface area contributed by atoms with Crippen LogP contribution in [0.25, 0.3) is 10.9 Å². The molecule has 20 heavy (non-hydrogen) atoms. The van der Waals surface area contributed by atoms with Crippen LogP contribution in [0.3, 0.4) is 0 Å². The summed E-state index contributed by atoms with van der Waals surface area (Å²) in [6.07, 6.45) is 0. The molecule has 8 heteroatoms. The first kappa shape index (κ1) is 12.5. The highest BCUT2D eigenvalue weighted by Crippen LogP contribution is 2.36. The molecule has 3 rings (SSSR count). The molecule has 0 unspecified atom stereocenters. The number of hydrogen-bond donors (Lipinski definition) is 2. The van der Waals surface area contributed by atoms with Gasteiger partial charge in [-0.2, -0.15) is 0 Å². The normalized spacial score (nSPS) is 11.5. The van der Waals surface area contributed by atoms with Gasteiger partial charge in [0.15, 0.2) is 16.7 Å². The molecule has 0 aliphatic heterocycles. The molecule has 6 nitrogen and oxygen atoms in total. The second kappa shape index (κ2) is 4.86. The number of benzene rings is 1. The molecule has 100 valence electrons. The number of fused-ring (bicyclic) bond motifs is 1. The van der Waals surface area contributed by atoms with Gasteiger partial charge in [-0.25, -0.2) is 4.39 Å². The molecular weight excluding hydrogens is 285 g/mol. The molecule has 0 radical (unpaired) electrons. The van der Waals surface area contributed by atoms with Crippen molar-refractivity contribution < 1.29 is 9.50 Å². The first-order chi connectivity index (χ1) is 9.63. The summed E-state index contributed by atoms with van der Waals surface area (Å²) in [5.74, 6) is -0.407. The van der Waals surface area contributed by atoms with Gasteiger partial charge in [0, 0.05) is 5.39 Å². The maximum atomic E-state index is 13.2. The van der Waals surface area contributed by atoms with Crippen LogP contribution < -0.4 is 0 Å². The maximum absolute atomic E-state index is 13.2. The number of nitrogens with one attached hydrogen (secondary N) is 1. The summed E-state index contributed by atoms with van der Waals surface area (Å²) in [7, 11) is 0. The van der Waals surface area contributed by atoms with Gasteiger partial charge in [0.25, 0.3) is 0 Å². The molecule has 0 saturated heterocycles. The van der Waals surface area contributed by atoms with E-state index in [2.05, 4.69) is 25.4 Å². The second-order valence-corrected chi connectivity index (χ2v) is 4.31. The Bertz CT molecular complexity index is 799. The Morgan fingerprint density at radius 2 is 2.00 bits per heavy atom. The lowest BCUT2D eigenvalue weighted by Crippen LogP contribution is -1.79. The predicted molar refractivity (Wildman–Crippen MR) is 71.1 cm³/mol. The standard InChI is InChI=1S/C12H7ClFN5O/c13-9-3-4-10(17-16-9)18-19-11-7-5-6(14)1-2-8(7)15-12(11)20/h1-5,15,20H. The Morgan fingerprint density at radius 1 is 1.15 bits per heavy atom. The van der Waals surface area contributed by atoms with Crippen molar-refractivity contribution in [3.63, 3.8) is 0 Å². The summed E-state index contributed by atoms with van der Waals surface area (Å²) in [5.41, 5.74) is 0.691. The van der Waals surface area contributed by atoms with Crippen LogP contribution in [0.1, 0.15) is 0 Å². The molecule has 0 saturated carbocycles. The predicted octanol–water partition coefficient (Wildman–Crippen LogP) is 3.87. The fourth-order valence-electron chi connectivity index (χ4n) is 1.70. The average Bonchev–Trinajstić information content (AvgIpc) is 2.73. The minimum absolute atomic E-state index is 0.135. The van der Waals surface area contributed by atoms with Crippen LogP contribution in [-0.4, -0.2) is 20.3 Å². The third kappa shape index (κ3) is 2.30. The van der Waals surface area contributed by atoms with Crippen LogP contribution in [0.2, 0.25) is 5.15 Å². The number of aromatic hydroxyl groups is 1. The van der Waals surface area contributed by atoms with Crippen LogP contribution in [0.4, 0.5) is 15.9 Å². The Hall–Kier alpha value is -2.54. The molecule has 2 N–H and O–H groups in total. The molecule has 0 aliphatic carbocycles. The number of nitrogens with zero attached hydrogens (tertiary/aromatic N) is 4. The number of hydrogen-bond acceptors (Lipinski definition) is 5. The lowest BCUT2D eigenvalue weighted by atomic mass is 10.2. The molecule has 3 aromatic rings. The largest absolute Gasteiger partial charge is 0.493 e. The zero-order chi connectivity index (χ0) is 14.1. The van der Waals surface area contributed by atoms with Crippen molar-refractivity contribution in [2.45, 2.75) is 0 Å². The molecule has 2 heterocycles. The first-order valence-electron chi connectivity index (χ1n) is 5.54. The van der Waals surface area contributed by atoms with Crippen molar-refractivity contribution >= 4 is 34.0 Å². The molecule has 0 atom stereocenters. The van der Waals surface area contributed by atoms with E-state index >= 15 is 0 Å². The average molecular weight is 292 g/mol. The van der Waals surface area contributed by atoms with Crippen molar-refractivity contribution in [3.8, 4) is 5.88 Å². The van der Waals surface area contributed by atoms with E-state index in [1.54, 1.807) is 0 Å². The minimum atomic E-state index is -0.431. The number of halogens is 2. The molecule has 1 aromatic carbocycles. The van der Waals surface area contributed by atoms with Crippen molar-refractivity contribution in [2.24, 2.45) is 10.2 Å². The van der Waals surface area contributed by atoms with E-state index in [4.69, 9.17) is 11.6 Å². The van der Waals surface area contributed by atoms with Crippen molar-refractivity contribution in [1.29, 1.82) is 0 Å². The first-order valence-corrected chi connectivity index (χ1v) is 5.92. The van der Waals surface area contributed by atoms with Gasteiger partial charge in [-0.1, -0.05) is 11.6 Å². The zero-order valence-corrected chi connectivity index (χ0v) is 10.6. The van der Waals surface area contributed by atoms with Gasteiger partial charge in [0.2, 0.25) is 5.88 Å². The number of aromatic amines is 1. The van der Waals surface area contributed by atoms with E-state index in [0.717, 1.165) is 0 Å². The zero-order valence-electron chi connectivity index (χ0n) is 9.88. The van der Waals surface area contributed by atoms with Crippen LogP contribution in [-0.2, 0) is 0 Å². The highest BCUT2D eigenvalue weighted by molar-refractivity contribution is 6.29. The molecule has 0 bridgehead atoms. The molecular formula is C12H7ClFN5O. The third-order valence-electron chi connectivity index (χ3n) is 2.58. The molecule has 2 aromatic heterocycles. The van der Waals surface area contributed by atoms with Gasteiger partial charge >= 0.3 is 0 Å². The number of H-pyrrole nitrogens is 1. The quantitative estimate of drug-likeness (QED) is 0.703. The molecule has 0 spiro atoms. The summed E-state index contributed by atoms with van der Waals surface area (Å²) in [6.45, 7) is 0. The molecule has 0 fully saturated rings. The van der Waals surface area contributed by atoms with Gasteiger partial charge in [-0.15, -0.1) is 20.4 Å². The number of aromatic nitrogens is 3. The lowest BCUT2D eigenvalue weighted by Gasteiger charge is -1.93. The smallest absolute Gasteiger partial charge is 0.218 e. The number of rotatable bonds is 2. The summed E-state index contributed by atoms with van der Waals surface area (Å²) >= 11 is 5.60. The van der Waals surface area contributed by atoms with Gasteiger partial charge in [-0.05, 0) is 30.3 Å². The Morgan fingerprint density at radius 3 is 2.75 bits per heavy atom. The van der Waals surface area contributed by atoms with Gasteiger partial charge < -0.3 is 10.1 Å². The van der Waals surface area contributed by atoms with Gasteiger partial charge in [0.1, 0.15) is 5.82 Å². The van der Waals surface area contributed by atoms with Gasteiger partial charge in [-0.3, -0.25) is 0 Å². The van der Waals surface area contributed by atoms with E-state index in [-0.39, 0.29) is 22.5 Å². The molecule has 0 aliphatic rings. The fraction of sp³-hybridized carbons (Fsp3) is 0. The second-order valence-electron chi connectivity index (χ2n) is 3.93. The van der Waals surface area contributed by atoms with Crippen LogP contribution in [0, 0.1) is 5.82 Å². The lowest BCUT2D eigenvalue weighted by molar-refractivity contribution is 0.459. The highest BCUT2D eigenvalue weighted by Gasteiger charge is 2.11. The maximum Gasteiger partial charge on any atom is 0.218 e. The van der Waals surface area contributed by atoms with Crippen molar-refractivity contribution in [3.05, 3.63) is 41.3 Å². The monoisotopic (exact) mass is 291 g/mol. The number of azo groups is 1. The SMILES string of the molecule is Oc1[nH]c2ccc(F)cc2c1N=Nc1ccc(Cl)nn1. The summed E-state index contributed by atoms with van der Waals surface area (Å²) in [6, 6.07) is 7.08. The van der Waals surface area contributed by atoms with Crippen molar-refractivity contribution in [2.75, 3.05) is 0 Å². The van der Waals surface area contributed by atoms with Crippen LogP contribution in [0.5, 0.6) is 5.88 Å². The minimum Gasteiger partial charge on any atom is -0.493 e. The highest BCUT2D eigenvalue weighted by atomic mass is 35.5. The Balaban J connectivity index is 2.03. The fourth-order valence-corrected chi connectivity index (χ4v) is 1.80. The summed E-state index contributed by atoms with van der Waals surface area (Å²) < 4.78 is 13.2. The summed E-state index contributed by atoms with van der Waals surface area (Å²) in [5, 5.41) is 25.4.